The molecule has 0 unspecified atom stereocenters. The molecule has 0 aromatic carbocycles. The molecule has 3 nitrogen and oxygen atoms in total. The third-order valence-corrected chi connectivity index (χ3v) is 1.11. The first kappa shape index (κ1) is 5.03. The molecule has 0 saturated carbocycles. The van der Waals surface area contributed by atoms with Gasteiger partial charge in [0.1, 0.15) is 0 Å². The summed E-state index contributed by atoms with van der Waals surface area (Å²) in [4.78, 5) is 0. The zero-order chi connectivity index (χ0) is 6.15. The highest BCUT2D eigenvalue weighted by Crippen LogP contribution is 2.12. The van der Waals surface area contributed by atoms with Crippen molar-refractivity contribution < 1.29 is 0 Å². The Morgan fingerprint density at radius 1 is 1.25 bits per heavy atom. The summed E-state index contributed by atoms with van der Waals surface area (Å²) < 4.78 is 0. The van der Waals surface area contributed by atoms with E-state index in [0.29, 0.717) is 17.8 Å². The van der Waals surface area contributed by atoms with E-state index in [1.165, 1.54) is 0 Å². The highest BCUT2D eigenvalue weighted by atomic mass is 14.7. The molecular formula is C5H9N3. The van der Waals surface area contributed by atoms with Gasteiger partial charge >= 0.3 is 0 Å². The molecule has 44 valence electrons. The molecule has 0 heterocycles. The molecule has 0 radical (unpaired) electrons. The molecule has 0 saturated heterocycles. The predicted molar refractivity (Wildman–Crippen MR) is 32.3 cm³/mol. The summed E-state index contributed by atoms with van der Waals surface area (Å²) in [7, 11) is 0. The lowest BCUT2D eigenvalue weighted by Crippen LogP contribution is -2.03. The van der Waals surface area contributed by atoms with Gasteiger partial charge in [-0.05, 0) is 6.08 Å². The summed E-state index contributed by atoms with van der Waals surface area (Å²) in [6.45, 7) is 0. The van der Waals surface area contributed by atoms with Gasteiger partial charge in [0.05, 0.1) is 5.70 Å². The third kappa shape index (κ3) is 0.621. The topological polar surface area (TPSA) is 78.1 Å². The summed E-state index contributed by atoms with van der Waals surface area (Å²) >= 11 is 0. The maximum atomic E-state index is 5.39. The summed E-state index contributed by atoms with van der Waals surface area (Å²) in [5.41, 5.74) is 18.2. The molecule has 0 amide bonds. The second-order valence-electron chi connectivity index (χ2n) is 1.88. The van der Waals surface area contributed by atoms with E-state index in [2.05, 4.69) is 0 Å². The predicted octanol–water partition coefficient (Wildman–Crippen LogP) is -0.638. The number of rotatable bonds is 0. The van der Waals surface area contributed by atoms with Crippen LogP contribution in [0.15, 0.2) is 23.2 Å². The van der Waals surface area contributed by atoms with E-state index in [-0.39, 0.29) is 0 Å². The van der Waals surface area contributed by atoms with E-state index < -0.39 is 0 Å². The lowest BCUT2D eigenvalue weighted by Gasteiger charge is -1.90. The summed E-state index contributed by atoms with van der Waals surface area (Å²) in [6.07, 6.45) is 2.32. The summed E-state index contributed by atoms with van der Waals surface area (Å²) in [6, 6.07) is 0. The van der Waals surface area contributed by atoms with Crippen LogP contribution in [-0.2, 0) is 0 Å². The van der Waals surface area contributed by atoms with Crippen LogP contribution >= 0.6 is 0 Å². The Kier molecular flexibility index (Phi) is 0.901. The quantitative estimate of drug-likeness (QED) is 0.389. The van der Waals surface area contributed by atoms with Crippen molar-refractivity contribution in [1.82, 2.24) is 0 Å². The molecule has 0 bridgehead atoms. The maximum absolute atomic E-state index is 5.39. The number of hydrogen-bond donors (Lipinski definition) is 3. The average Bonchev–Trinajstić information content (AvgIpc) is 1.85. The van der Waals surface area contributed by atoms with Gasteiger partial charge in [0, 0.05) is 17.8 Å². The van der Waals surface area contributed by atoms with Gasteiger partial charge in [0.15, 0.2) is 0 Å². The van der Waals surface area contributed by atoms with E-state index in [4.69, 9.17) is 17.2 Å². The Morgan fingerprint density at radius 3 is 2.00 bits per heavy atom. The molecule has 0 spiro atoms. The molecule has 0 fully saturated rings. The van der Waals surface area contributed by atoms with Gasteiger partial charge in [-0.3, -0.25) is 0 Å². The fraction of sp³-hybridized carbons (Fsp3) is 0.200. The van der Waals surface area contributed by atoms with Gasteiger partial charge in [0.2, 0.25) is 0 Å². The zero-order valence-electron chi connectivity index (χ0n) is 4.52. The molecule has 0 atom stereocenters. The van der Waals surface area contributed by atoms with Gasteiger partial charge < -0.3 is 17.2 Å². The molecule has 3 heteroatoms. The molecule has 0 aromatic heterocycles. The first-order chi connectivity index (χ1) is 3.70. The van der Waals surface area contributed by atoms with Gasteiger partial charge in [-0.2, -0.15) is 0 Å². The van der Waals surface area contributed by atoms with Crippen LogP contribution in [0, 0.1) is 0 Å². The van der Waals surface area contributed by atoms with Crippen LogP contribution in [0.5, 0.6) is 0 Å². The molecular weight excluding hydrogens is 102 g/mol. The standard InChI is InChI=1S/C5H9N3/c6-3-1-4(7)5(8)2-3/h1H,2,6-8H2. The fourth-order valence-electron chi connectivity index (χ4n) is 0.665. The molecule has 0 aromatic rings. The van der Waals surface area contributed by atoms with E-state index in [0.717, 1.165) is 5.70 Å². The van der Waals surface area contributed by atoms with Gasteiger partial charge in [-0.15, -0.1) is 0 Å². The molecule has 6 N–H and O–H groups in total. The summed E-state index contributed by atoms with van der Waals surface area (Å²) in [5.74, 6) is 0. The Hall–Kier alpha value is -1.12. The number of hydrogen-bond acceptors (Lipinski definition) is 3. The lowest BCUT2D eigenvalue weighted by atomic mass is 10.3. The minimum Gasteiger partial charge on any atom is -0.402 e. The normalized spacial score (nSPS) is 19.2. The molecule has 1 aliphatic rings. The van der Waals surface area contributed by atoms with Crippen molar-refractivity contribution in [3.05, 3.63) is 23.2 Å². The Bertz CT molecular complexity index is 167. The average molecular weight is 111 g/mol. The lowest BCUT2D eigenvalue weighted by molar-refractivity contribution is 1.08. The van der Waals surface area contributed by atoms with Crippen molar-refractivity contribution >= 4 is 0 Å². The van der Waals surface area contributed by atoms with Crippen LogP contribution in [0.3, 0.4) is 0 Å². The van der Waals surface area contributed by atoms with Crippen molar-refractivity contribution in [2.75, 3.05) is 0 Å². The van der Waals surface area contributed by atoms with Gasteiger partial charge in [-0.25, -0.2) is 0 Å². The second-order valence-corrected chi connectivity index (χ2v) is 1.88. The van der Waals surface area contributed by atoms with Crippen molar-refractivity contribution in [1.29, 1.82) is 0 Å². The van der Waals surface area contributed by atoms with Crippen molar-refractivity contribution in [3.8, 4) is 0 Å². The van der Waals surface area contributed by atoms with Crippen LogP contribution < -0.4 is 17.2 Å². The van der Waals surface area contributed by atoms with Crippen LogP contribution in [0.4, 0.5) is 0 Å². The van der Waals surface area contributed by atoms with Crippen LogP contribution in [0.25, 0.3) is 0 Å². The fourth-order valence-corrected chi connectivity index (χ4v) is 0.665. The van der Waals surface area contributed by atoms with E-state index in [1.807, 2.05) is 0 Å². The van der Waals surface area contributed by atoms with Crippen LogP contribution in [-0.4, -0.2) is 0 Å². The van der Waals surface area contributed by atoms with E-state index in [9.17, 15) is 0 Å². The van der Waals surface area contributed by atoms with Crippen molar-refractivity contribution in [2.45, 2.75) is 6.42 Å². The Morgan fingerprint density at radius 2 is 1.88 bits per heavy atom. The zero-order valence-corrected chi connectivity index (χ0v) is 4.52. The maximum Gasteiger partial charge on any atom is 0.0526 e. The smallest absolute Gasteiger partial charge is 0.0526 e. The molecule has 8 heavy (non-hydrogen) atoms. The van der Waals surface area contributed by atoms with Gasteiger partial charge in [0.25, 0.3) is 0 Å². The Balaban J connectivity index is 2.79. The van der Waals surface area contributed by atoms with Crippen LogP contribution in [0.1, 0.15) is 6.42 Å². The highest BCUT2D eigenvalue weighted by Gasteiger charge is 2.05. The van der Waals surface area contributed by atoms with E-state index >= 15 is 0 Å². The second kappa shape index (κ2) is 1.43. The highest BCUT2D eigenvalue weighted by molar-refractivity contribution is 5.33. The van der Waals surface area contributed by atoms with E-state index in [1.54, 1.807) is 6.08 Å². The largest absolute Gasteiger partial charge is 0.402 e. The van der Waals surface area contributed by atoms with Crippen molar-refractivity contribution in [3.63, 3.8) is 0 Å². The molecule has 1 aliphatic carbocycles. The first-order valence-electron chi connectivity index (χ1n) is 2.40. The van der Waals surface area contributed by atoms with Crippen LogP contribution in [0.2, 0.25) is 0 Å². The SMILES string of the molecule is NC1=CC(N)=C(N)C1. The number of allylic oxidation sites excluding steroid dienone is 1. The molecule has 1 rings (SSSR count). The monoisotopic (exact) mass is 111 g/mol. The third-order valence-electron chi connectivity index (χ3n) is 1.11. The van der Waals surface area contributed by atoms with Gasteiger partial charge in [-0.1, -0.05) is 0 Å². The minimum absolute atomic E-state index is 0.613. The Labute approximate surface area is 47.8 Å². The summed E-state index contributed by atoms with van der Waals surface area (Å²) in [5, 5.41) is 0. The number of nitrogens with two attached hydrogens (primary N) is 3. The van der Waals surface area contributed by atoms with Crippen molar-refractivity contribution in [2.24, 2.45) is 17.2 Å². The molecule has 0 aliphatic heterocycles. The minimum atomic E-state index is 0.613. The first-order valence-corrected chi connectivity index (χ1v) is 2.40.